The highest BCUT2D eigenvalue weighted by Crippen LogP contribution is 2.16. The summed E-state index contributed by atoms with van der Waals surface area (Å²) in [5.41, 5.74) is 1.67. The number of carbonyl (C=O) groups is 1. The number of hydrogen-bond donors (Lipinski definition) is 1. The number of hydrogen-bond acceptors (Lipinski definition) is 3. The molecule has 0 aliphatic heterocycles. The van der Waals surface area contributed by atoms with Crippen molar-refractivity contribution in [3.8, 4) is 5.69 Å². The van der Waals surface area contributed by atoms with Crippen LogP contribution in [-0.2, 0) is 4.79 Å². The van der Waals surface area contributed by atoms with E-state index in [1.165, 1.54) is 0 Å². The van der Waals surface area contributed by atoms with Crippen molar-refractivity contribution in [1.29, 1.82) is 0 Å². The van der Waals surface area contributed by atoms with Gasteiger partial charge in [-0.25, -0.2) is 4.68 Å². The van der Waals surface area contributed by atoms with Crippen molar-refractivity contribution in [1.82, 2.24) is 19.6 Å². The Bertz CT molecular complexity index is 764. The zero-order valence-electron chi connectivity index (χ0n) is 11.8. The molecule has 112 valence electrons. The van der Waals surface area contributed by atoms with Crippen LogP contribution in [0.1, 0.15) is 13.0 Å². The van der Waals surface area contributed by atoms with Crippen LogP contribution >= 0.6 is 15.9 Å². The normalized spacial score (nSPS) is 12.1. The maximum absolute atomic E-state index is 12.2. The molecule has 7 heteroatoms. The average molecular weight is 360 g/mol. The maximum Gasteiger partial charge on any atom is 0.248 e. The van der Waals surface area contributed by atoms with E-state index >= 15 is 0 Å². The van der Waals surface area contributed by atoms with Gasteiger partial charge in [0.05, 0.1) is 16.4 Å². The molecule has 3 rings (SSSR count). The predicted octanol–water partition coefficient (Wildman–Crippen LogP) is 3.03. The van der Waals surface area contributed by atoms with Gasteiger partial charge in [0.2, 0.25) is 5.91 Å². The van der Waals surface area contributed by atoms with E-state index in [-0.39, 0.29) is 5.91 Å². The first-order valence-corrected chi connectivity index (χ1v) is 7.53. The zero-order chi connectivity index (χ0) is 15.5. The molecule has 1 unspecified atom stereocenters. The number of aromatic nitrogens is 4. The standard InChI is InChI=1S/C15H14BrN5O/c1-11(21-10-12(16)9-18-21)15(22)19-13-3-5-14(6-4-13)20-8-2-7-17-20/h2-11H,1H3,(H,19,22). The van der Waals surface area contributed by atoms with Crippen molar-refractivity contribution in [3.63, 3.8) is 0 Å². The molecule has 2 heterocycles. The summed E-state index contributed by atoms with van der Waals surface area (Å²) in [6.45, 7) is 1.80. The molecule has 22 heavy (non-hydrogen) atoms. The highest BCUT2D eigenvalue weighted by atomic mass is 79.9. The molecule has 6 nitrogen and oxygen atoms in total. The SMILES string of the molecule is CC(C(=O)Nc1ccc(-n2cccn2)cc1)n1cc(Br)cn1. The monoisotopic (exact) mass is 359 g/mol. The van der Waals surface area contributed by atoms with Gasteiger partial charge in [-0.3, -0.25) is 9.48 Å². The number of carbonyl (C=O) groups excluding carboxylic acids is 1. The van der Waals surface area contributed by atoms with Gasteiger partial charge in [-0.1, -0.05) is 0 Å². The first kappa shape index (κ1) is 14.5. The fourth-order valence-corrected chi connectivity index (χ4v) is 2.31. The van der Waals surface area contributed by atoms with E-state index in [9.17, 15) is 4.79 Å². The molecular formula is C15H14BrN5O. The number of benzene rings is 1. The van der Waals surface area contributed by atoms with E-state index in [0.29, 0.717) is 0 Å². The minimum atomic E-state index is -0.392. The summed E-state index contributed by atoms with van der Waals surface area (Å²) in [5, 5.41) is 11.2. The van der Waals surface area contributed by atoms with Gasteiger partial charge >= 0.3 is 0 Å². The summed E-state index contributed by atoms with van der Waals surface area (Å²) in [6.07, 6.45) is 7.01. The number of rotatable bonds is 4. The first-order chi connectivity index (χ1) is 10.6. The van der Waals surface area contributed by atoms with Crippen LogP contribution in [0.25, 0.3) is 5.69 Å². The van der Waals surface area contributed by atoms with Crippen LogP contribution in [0, 0.1) is 0 Å². The molecule has 2 aromatic heterocycles. The summed E-state index contributed by atoms with van der Waals surface area (Å²) in [7, 11) is 0. The van der Waals surface area contributed by atoms with E-state index in [0.717, 1.165) is 15.8 Å². The highest BCUT2D eigenvalue weighted by molar-refractivity contribution is 9.10. The average Bonchev–Trinajstić information content (AvgIpc) is 3.18. The molecular weight excluding hydrogens is 346 g/mol. The minimum absolute atomic E-state index is 0.123. The number of nitrogens with zero attached hydrogens (tertiary/aromatic N) is 4. The molecule has 0 fully saturated rings. The van der Waals surface area contributed by atoms with Crippen molar-refractivity contribution in [2.24, 2.45) is 0 Å². The summed E-state index contributed by atoms with van der Waals surface area (Å²) in [5.74, 6) is -0.123. The number of halogens is 1. The van der Waals surface area contributed by atoms with E-state index in [1.807, 2.05) is 36.5 Å². The third kappa shape index (κ3) is 3.09. The van der Waals surface area contributed by atoms with E-state index in [2.05, 4.69) is 31.4 Å². The Morgan fingerprint density at radius 2 is 2.05 bits per heavy atom. The van der Waals surface area contributed by atoms with Crippen molar-refractivity contribution in [3.05, 3.63) is 59.6 Å². The Labute approximate surface area is 135 Å². The Morgan fingerprint density at radius 3 is 2.64 bits per heavy atom. The summed E-state index contributed by atoms with van der Waals surface area (Å²) < 4.78 is 4.21. The molecule has 0 aliphatic rings. The second kappa shape index (κ2) is 6.15. The highest BCUT2D eigenvalue weighted by Gasteiger charge is 2.15. The summed E-state index contributed by atoms with van der Waals surface area (Å²) >= 11 is 3.32. The predicted molar refractivity (Wildman–Crippen MR) is 86.8 cm³/mol. The Morgan fingerprint density at radius 1 is 1.27 bits per heavy atom. The van der Waals surface area contributed by atoms with Crippen LogP contribution in [-0.4, -0.2) is 25.5 Å². The molecule has 0 spiro atoms. The lowest BCUT2D eigenvalue weighted by Crippen LogP contribution is -2.23. The topological polar surface area (TPSA) is 64.7 Å². The number of amides is 1. The van der Waals surface area contributed by atoms with Crippen molar-refractivity contribution >= 4 is 27.5 Å². The third-order valence-electron chi connectivity index (χ3n) is 3.25. The lowest BCUT2D eigenvalue weighted by Gasteiger charge is -2.13. The first-order valence-electron chi connectivity index (χ1n) is 6.74. The van der Waals surface area contributed by atoms with E-state index in [1.54, 1.807) is 34.9 Å². The quantitative estimate of drug-likeness (QED) is 0.778. The van der Waals surface area contributed by atoms with Crippen LogP contribution in [0.3, 0.4) is 0 Å². The largest absolute Gasteiger partial charge is 0.324 e. The van der Waals surface area contributed by atoms with Crippen LogP contribution in [0.5, 0.6) is 0 Å². The molecule has 1 amide bonds. The Balaban J connectivity index is 1.69. The summed E-state index contributed by atoms with van der Waals surface area (Å²) in [6, 6.07) is 8.97. The second-order valence-electron chi connectivity index (χ2n) is 4.80. The van der Waals surface area contributed by atoms with Crippen LogP contribution in [0.4, 0.5) is 5.69 Å². The summed E-state index contributed by atoms with van der Waals surface area (Å²) in [4.78, 5) is 12.2. The molecule has 1 aromatic carbocycles. The Kier molecular flexibility index (Phi) is 4.06. The van der Waals surface area contributed by atoms with Gasteiger partial charge in [0.15, 0.2) is 0 Å². The van der Waals surface area contributed by atoms with Crippen LogP contribution < -0.4 is 5.32 Å². The molecule has 0 saturated carbocycles. The molecule has 0 radical (unpaired) electrons. The zero-order valence-corrected chi connectivity index (χ0v) is 13.4. The molecule has 0 saturated heterocycles. The van der Waals surface area contributed by atoms with Crippen molar-refractivity contribution in [2.75, 3.05) is 5.32 Å². The molecule has 3 aromatic rings. The molecule has 0 aliphatic carbocycles. The van der Waals surface area contributed by atoms with Gasteiger partial charge in [0.1, 0.15) is 6.04 Å². The smallest absolute Gasteiger partial charge is 0.248 e. The van der Waals surface area contributed by atoms with E-state index in [4.69, 9.17) is 0 Å². The van der Waals surface area contributed by atoms with Gasteiger partial charge in [0.25, 0.3) is 0 Å². The molecule has 1 N–H and O–H groups in total. The lowest BCUT2D eigenvalue weighted by molar-refractivity contribution is -0.119. The third-order valence-corrected chi connectivity index (χ3v) is 3.66. The fraction of sp³-hybridized carbons (Fsp3) is 0.133. The van der Waals surface area contributed by atoms with Gasteiger partial charge < -0.3 is 5.32 Å². The van der Waals surface area contributed by atoms with Gasteiger partial charge in [0, 0.05) is 24.3 Å². The van der Waals surface area contributed by atoms with Crippen LogP contribution in [0.2, 0.25) is 0 Å². The fourth-order valence-electron chi connectivity index (χ4n) is 2.01. The second-order valence-corrected chi connectivity index (χ2v) is 5.72. The molecule has 0 bridgehead atoms. The van der Waals surface area contributed by atoms with Crippen molar-refractivity contribution in [2.45, 2.75) is 13.0 Å². The Hall–Kier alpha value is -2.41. The number of anilines is 1. The lowest BCUT2D eigenvalue weighted by atomic mass is 10.2. The minimum Gasteiger partial charge on any atom is -0.324 e. The van der Waals surface area contributed by atoms with Gasteiger partial charge in [-0.2, -0.15) is 10.2 Å². The number of nitrogens with one attached hydrogen (secondary N) is 1. The molecule has 1 atom stereocenters. The van der Waals surface area contributed by atoms with Gasteiger partial charge in [-0.15, -0.1) is 0 Å². The van der Waals surface area contributed by atoms with Crippen LogP contribution in [0.15, 0.2) is 59.6 Å². The van der Waals surface area contributed by atoms with Gasteiger partial charge in [-0.05, 0) is 53.2 Å². The maximum atomic E-state index is 12.2. The van der Waals surface area contributed by atoms with Crippen molar-refractivity contribution < 1.29 is 4.79 Å². The van der Waals surface area contributed by atoms with E-state index < -0.39 is 6.04 Å².